The Labute approximate surface area is 275 Å². The van der Waals surface area contributed by atoms with Crippen molar-refractivity contribution in [1.29, 1.82) is 5.26 Å². The zero-order chi connectivity index (χ0) is 34.6. The molecule has 4 aliphatic rings. The number of amides is 1. The molecule has 2 aromatic rings. The molecular weight excluding hydrogens is 623 g/mol. The van der Waals surface area contributed by atoms with Crippen LogP contribution in [-0.4, -0.2) is 57.8 Å². The molecule has 4 N–H and O–H groups in total. The Morgan fingerprint density at radius 1 is 1.08 bits per heavy atom. The van der Waals surface area contributed by atoms with Gasteiger partial charge in [0.2, 0.25) is 5.60 Å². The van der Waals surface area contributed by atoms with E-state index in [1.54, 1.807) is 26.0 Å². The number of benzene rings is 2. The first kappa shape index (κ1) is 32.9. The number of hydrogen-bond donors (Lipinski definition) is 3. The summed E-state index contributed by atoms with van der Waals surface area (Å²) in [6, 6.07) is 11.5. The molecule has 3 saturated carbocycles. The molecule has 3 fully saturated rings. The number of aliphatic hydroxyl groups excluding tert-OH is 1. The van der Waals surface area contributed by atoms with Crippen molar-refractivity contribution in [2.24, 2.45) is 28.4 Å². The first-order valence-electron chi connectivity index (χ1n) is 15.7. The number of aromatic hydroxyl groups is 1. The molecule has 11 nitrogen and oxygen atoms in total. The number of ether oxygens (including phenoxy) is 3. The van der Waals surface area contributed by atoms with Gasteiger partial charge in [-0.3, -0.25) is 9.59 Å². The normalized spacial score (nSPS) is 33.3. The van der Waals surface area contributed by atoms with E-state index in [1.165, 1.54) is 54.6 Å². The molecule has 2 aromatic carbocycles. The van der Waals surface area contributed by atoms with Crippen LogP contribution in [0.3, 0.4) is 0 Å². The van der Waals surface area contributed by atoms with Gasteiger partial charge < -0.3 is 30.2 Å². The minimum absolute atomic E-state index is 0.0107. The second kappa shape index (κ2) is 11.6. The van der Waals surface area contributed by atoms with Crippen LogP contribution in [0.2, 0.25) is 0 Å². The average Bonchev–Trinajstić information content (AvgIpc) is 3.33. The average molecular weight is 659 g/mol. The molecule has 0 aromatic heterocycles. The van der Waals surface area contributed by atoms with Crippen LogP contribution < -0.4 is 10.5 Å². The molecule has 0 radical (unpaired) electrons. The monoisotopic (exact) mass is 658 g/mol. The first-order valence-corrected chi connectivity index (χ1v) is 15.7. The van der Waals surface area contributed by atoms with Crippen molar-refractivity contribution in [2.45, 2.75) is 63.3 Å². The third-order valence-electron chi connectivity index (χ3n) is 11.2. The number of primary amides is 1. The maximum atomic E-state index is 17.6. The quantitative estimate of drug-likeness (QED) is 0.355. The number of aliphatic hydroxyl groups is 1. The number of phenols is 1. The van der Waals surface area contributed by atoms with Crippen molar-refractivity contribution in [1.82, 2.24) is 0 Å². The fraction of sp³-hybridized carbons (Fsp3) is 0.417. The number of fused-ring (bicyclic) bond motifs is 5. The fourth-order valence-corrected chi connectivity index (χ4v) is 8.75. The van der Waals surface area contributed by atoms with E-state index < -0.39 is 64.5 Å². The van der Waals surface area contributed by atoms with Gasteiger partial charge in [0.1, 0.15) is 23.3 Å². The molecule has 250 valence electrons. The van der Waals surface area contributed by atoms with Gasteiger partial charge in [-0.1, -0.05) is 18.6 Å². The van der Waals surface area contributed by atoms with Crippen LogP contribution in [0.5, 0.6) is 17.2 Å². The highest BCUT2D eigenvalue weighted by Crippen LogP contribution is 2.70. The van der Waals surface area contributed by atoms with E-state index in [9.17, 15) is 29.4 Å². The van der Waals surface area contributed by atoms with E-state index in [0.717, 1.165) is 0 Å². The Balaban J connectivity index is 1.29. The van der Waals surface area contributed by atoms with Crippen molar-refractivity contribution in [3.05, 3.63) is 77.4 Å². The van der Waals surface area contributed by atoms with Gasteiger partial charge in [-0.2, -0.15) is 5.26 Å². The zero-order valence-corrected chi connectivity index (χ0v) is 26.4. The molecule has 1 amide bonds. The predicted molar refractivity (Wildman–Crippen MR) is 166 cm³/mol. The molecule has 0 heterocycles. The van der Waals surface area contributed by atoms with Gasteiger partial charge in [-0.25, -0.2) is 14.0 Å². The van der Waals surface area contributed by atoms with Gasteiger partial charge in [0.25, 0.3) is 5.91 Å². The minimum Gasteiger partial charge on any atom is -0.507 e. The lowest BCUT2D eigenvalue weighted by Gasteiger charge is -2.62. The number of hydrogen-bond acceptors (Lipinski definition) is 10. The molecule has 4 aliphatic carbocycles. The Bertz CT molecular complexity index is 1820. The zero-order valence-electron chi connectivity index (χ0n) is 26.4. The predicted octanol–water partition coefficient (Wildman–Crippen LogP) is 4.62. The van der Waals surface area contributed by atoms with Gasteiger partial charge in [0.05, 0.1) is 17.2 Å². The van der Waals surface area contributed by atoms with Crippen LogP contribution in [0.15, 0.2) is 66.3 Å². The van der Waals surface area contributed by atoms with Crippen LogP contribution >= 0.6 is 0 Å². The summed E-state index contributed by atoms with van der Waals surface area (Å²) >= 11 is 0. The van der Waals surface area contributed by atoms with E-state index in [0.29, 0.717) is 24.8 Å². The summed E-state index contributed by atoms with van der Waals surface area (Å²) in [5.41, 5.74) is -0.758. The van der Waals surface area contributed by atoms with E-state index in [-0.39, 0.29) is 47.0 Å². The lowest BCUT2D eigenvalue weighted by Crippen LogP contribution is -2.69. The molecule has 7 atom stereocenters. The number of nitrogens with two attached hydrogens (primary N) is 1. The SMILES string of the molecule is C[C@]12C=CC(=O)C=C1CC[C@H]1[C@@H]3CC[C@@](OC(=O)c4ccc(Oc5ccc(C(N)=O)c(O)c5)cc4)(C(=O)OCC#N)[C@@]3(C)C[C@H](O)C12F. The highest BCUT2D eigenvalue weighted by Gasteiger charge is 2.76. The Morgan fingerprint density at radius 2 is 1.79 bits per heavy atom. The van der Waals surface area contributed by atoms with Crippen molar-refractivity contribution >= 4 is 23.6 Å². The second-order valence-electron chi connectivity index (χ2n) is 13.4. The Morgan fingerprint density at radius 3 is 2.46 bits per heavy atom. The summed E-state index contributed by atoms with van der Waals surface area (Å²) in [6.07, 6.45) is 3.52. The molecule has 1 unspecified atom stereocenters. The number of ketones is 1. The molecule has 12 heteroatoms. The number of nitriles is 1. The summed E-state index contributed by atoms with van der Waals surface area (Å²) in [5.74, 6) is -3.97. The number of alkyl halides is 1. The van der Waals surface area contributed by atoms with Gasteiger partial charge in [0, 0.05) is 22.8 Å². The van der Waals surface area contributed by atoms with Gasteiger partial charge in [-0.15, -0.1) is 0 Å². The third kappa shape index (κ3) is 4.79. The summed E-state index contributed by atoms with van der Waals surface area (Å²) in [4.78, 5) is 51.1. The number of halogens is 1. The standard InChI is InChI=1S/C36H35FN2O9/c1-33-13-11-22(40)17-21(33)5-10-27-26-12-14-35(32(45)46-16-15-38,34(26,2)19-29(42)36(27,33)37)48-31(44)20-3-6-23(7-4-20)47-24-8-9-25(30(39)43)28(41)18-24/h3-4,6-9,11,13,17-18,26-27,29,41-42H,5,10,12,14,16,19H2,1-2H3,(H2,39,43)/t26-,27-,29-,33-,34-,35+,36?/m0/s1. The maximum Gasteiger partial charge on any atom is 0.352 e. The fourth-order valence-electron chi connectivity index (χ4n) is 8.75. The van der Waals surface area contributed by atoms with Crippen LogP contribution in [0, 0.1) is 34.0 Å². The molecule has 0 spiro atoms. The second-order valence-corrected chi connectivity index (χ2v) is 13.4. The van der Waals surface area contributed by atoms with Crippen LogP contribution in [-0.2, 0) is 19.1 Å². The number of nitrogens with zero attached hydrogens (tertiary/aromatic N) is 1. The van der Waals surface area contributed by atoms with E-state index in [1.807, 2.05) is 0 Å². The minimum atomic E-state index is -2.15. The summed E-state index contributed by atoms with van der Waals surface area (Å²) in [7, 11) is 0. The molecular formula is C36H35FN2O9. The third-order valence-corrected chi connectivity index (χ3v) is 11.2. The van der Waals surface area contributed by atoms with Gasteiger partial charge in [0.15, 0.2) is 18.1 Å². The largest absolute Gasteiger partial charge is 0.507 e. The topological polar surface area (TPSA) is 186 Å². The lowest BCUT2D eigenvalue weighted by atomic mass is 9.45. The molecule has 48 heavy (non-hydrogen) atoms. The number of allylic oxidation sites excluding steroid dienone is 4. The summed E-state index contributed by atoms with van der Waals surface area (Å²) < 4.78 is 34.6. The molecule has 0 bridgehead atoms. The number of esters is 2. The van der Waals surface area contributed by atoms with Crippen molar-refractivity contribution in [3.63, 3.8) is 0 Å². The summed E-state index contributed by atoms with van der Waals surface area (Å²) in [6.45, 7) is 2.80. The number of carbonyl (C=O) groups excluding carboxylic acids is 4. The first-order chi connectivity index (χ1) is 22.7. The van der Waals surface area contributed by atoms with E-state index >= 15 is 4.39 Å². The van der Waals surface area contributed by atoms with Crippen molar-refractivity contribution < 1.29 is 48.0 Å². The van der Waals surface area contributed by atoms with E-state index in [4.69, 9.17) is 25.2 Å². The molecule has 6 rings (SSSR count). The molecule has 0 saturated heterocycles. The highest BCUT2D eigenvalue weighted by molar-refractivity contribution is 6.01. The summed E-state index contributed by atoms with van der Waals surface area (Å²) in [5, 5.41) is 30.9. The Hall–Kier alpha value is -5.02. The van der Waals surface area contributed by atoms with Crippen molar-refractivity contribution in [3.8, 4) is 23.3 Å². The van der Waals surface area contributed by atoms with E-state index in [2.05, 4.69) is 0 Å². The van der Waals surface area contributed by atoms with Crippen LogP contribution in [0.25, 0.3) is 0 Å². The number of carbonyl (C=O) groups is 4. The molecule has 0 aliphatic heterocycles. The smallest absolute Gasteiger partial charge is 0.352 e. The van der Waals surface area contributed by atoms with Crippen LogP contribution in [0.1, 0.15) is 66.7 Å². The Kier molecular flexibility index (Phi) is 7.95. The van der Waals surface area contributed by atoms with Crippen LogP contribution in [0.4, 0.5) is 4.39 Å². The van der Waals surface area contributed by atoms with Gasteiger partial charge in [-0.05, 0) is 93.5 Å². The van der Waals surface area contributed by atoms with Crippen molar-refractivity contribution in [2.75, 3.05) is 6.61 Å². The maximum absolute atomic E-state index is 17.6. The van der Waals surface area contributed by atoms with Gasteiger partial charge >= 0.3 is 11.9 Å². The lowest BCUT2D eigenvalue weighted by molar-refractivity contribution is -0.224. The number of rotatable bonds is 7. The highest BCUT2D eigenvalue weighted by atomic mass is 19.1.